The minimum atomic E-state index is -1.30. The predicted octanol–water partition coefficient (Wildman–Crippen LogP) is 5.85. The van der Waals surface area contributed by atoms with Crippen molar-refractivity contribution < 1.29 is 42.5 Å². The van der Waals surface area contributed by atoms with Crippen LogP contribution in [0, 0.1) is 17.0 Å². The van der Waals surface area contributed by atoms with E-state index in [1.807, 2.05) is 0 Å². The van der Waals surface area contributed by atoms with Crippen LogP contribution in [0.5, 0.6) is 23.0 Å². The van der Waals surface area contributed by atoms with Crippen molar-refractivity contribution in [2.75, 3.05) is 24.4 Å². The number of nitrogens with zero attached hydrogens (tertiary/aromatic N) is 1. The van der Waals surface area contributed by atoms with Crippen molar-refractivity contribution >= 4 is 40.2 Å². The lowest BCUT2D eigenvalue weighted by Gasteiger charge is -2.18. The molecule has 1 heterocycles. The Balaban J connectivity index is 1.14. The van der Waals surface area contributed by atoms with Gasteiger partial charge < -0.3 is 35.3 Å². The zero-order chi connectivity index (χ0) is 31.8. The summed E-state index contributed by atoms with van der Waals surface area (Å²) in [4.78, 5) is 41.3. The molecular weight excluding hydrogens is 590 g/mol. The Morgan fingerprint density at radius 3 is 2.16 bits per heavy atom. The highest BCUT2D eigenvalue weighted by Crippen LogP contribution is 2.48. The van der Waals surface area contributed by atoms with Crippen molar-refractivity contribution in [2.24, 2.45) is 5.41 Å². The number of fused-ring (bicyclic) bond motifs is 1. The normalized spacial score (nSPS) is 15.4. The smallest absolute Gasteiger partial charge is 0.405 e. The van der Waals surface area contributed by atoms with Gasteiger partial charge >= 0.3 is 6.09 Å². The standard InChI is InChI=1S/C32H28F2N4O7/c1-43-26-15-21-23(16-27(26)44-17-31(9-10-31)38-30(41)42)35-13-8-24(21)45-25-7-6-20(14-22(25)34)37-29(40)32(11-12-32)28(39)36-19-4-2-18(33)3-5-19/h2-8,13-16,38H,9-12,17H2,1H3,(H,36,39)(H,37,40)(H,41,42). The number of rotatable bonds is 11. The zero-order valence-electron chi connectivity index (χ0n) is 24.0. The second kappa shape index (κ2) is 11.6. The van der Waals surface area contributed by atoms with Gasteiger partial charge in [-0.2, -0.15) is 0 Å². The molecule has 13 heteroatoms. The van der Waals surface area contributed by atoms with Crippen molar-refractivity contribution in [2.45, 2.75) is 31.2 Å². The molecule has 45 heavy (non-hydrogen) atoms. The molecule has 1 aromatic heterocycles. The average molecular weight is 619 g/mol. The summed E-state index contributed by atoms with van der Waals surface area (Å²) in [6, 6.07) is 13.9. The Labute approximate surface area is 255 Å². The monoisotopic (exact) mass is 618 g/mol. The molecule has 6 rings (SSSR count). The highest BCUT2D eigenvalue weighted by atomic mass is 19.1. The third kappa shape index (κ3) is 6.28. The van der Waals surface area contributed by atoms with Crippen LogP contribution in [0.4, 0.5) is 25.0 Å². The Morgan fingerprint density at radius 1 is 0.844 bits per heavy atom. The van der Waals surface area contributed by atoms with Gasteiger partial charge in [-0.25, -0.2) is 13.6 Å². The van der Waals surface area contributed by atoms with Crippen LogP contribution in [0.15, 0.2) is 66.9 Å². The lowest BCUT2D eigenvalue weighted by molar-refractivity contribution is -0.131. The molecule has 3 aromatic carbocycles. The van der Waals surface area contributed by atoms with Gasteiger partial charge in [-0.3, -0.25) is 14.6 Å². The second-order valence-electron chi connectivity index (χ2n) is 11.1. The molecule has 0 saturated heterocycles. The molecule has 0 radical (unpaired) electrons. The summed E-state index contributed by atoms with van der Waals surface area (Å²) in [6.45, 7) is 0.117. The highest BCUT2D eigenvalue weighted by molar-refractivity contribution is 6.16. The Morgan fingerprint density at radius 2 is 1.53 bits per heavy atom. The van der Waals surface area contributed by atoms with Gasteiger partial charge in [-0.1, -0.05) is 0 Å². The van der Waals surface area contributed by atoms with E-state index >= 15 is 4.39 Å². The molecule has 0 bridgehead atoms. The van der Waals surface area contributed by atoms with Crippen molar-refractivity contribution in [3.05, 3.63) is 78.5 Å². The Kier molecular flexibility index (Phi) is 7.61. The van der Waals surface area contributed by atoms with E-state index in [1.54, 1.807) is 18.2 Å². The maximum absolute atomic E-state index is 15.2. The van der Waals surface area contributed by atoms with E-state index in [0.717, 1.165) is 6.07 Å². The molecule has 4 N–H and O–H groups in total. The number of amides is 3. The van der Waals surface area contributed by atoms with Crippen LogP contribution in [-0.2, 0) is 9.59 Å². The number of carbonyl (C=O) groups excluding carboxylic acids is 2. The van der Waals surface area contributed by atoms with Gasteiger partial charge in [-0.15, -0.1) is 0 Å². The maximum Gasteiger partial charge on any atom is 0.405 e. The minimum absolute atomic E-state index is 0.117. The number of carbonyl (C=O) groups is 3. The summed E-state index contributed by atoms with van der Waals surface area (Å²) in [5, 5.41) is 17.3. The van der Waals surface area contributed by atoms with Gasteiger partial charge in [0.1, 0.15) is 23.6 Å². The summed E-state index contributed by atoms with van der Waals surface area (Å²) in [7, 11) is 1.46. The van der Waals surface area contributed by atoms with Gasteiger partial charge in [0.15, 0.2) is 23.1 Å². The lowest BCUT2D eigenvalue weighted by atomic mass is 10.0. The van der Waals surface area contributed by atoms with Gasteiger partial charge in [-0.05, 0) is 74.2 Å². The molecule has 0 atom stereocenters. The lowest BCUT2D eigenvalue weighted by Crippen LogP contribution is -2.40. The molecule has 2 aliphatic rings. The maximum atomic E-state index is 15.2. The van der Waals surface area contributed by atoms with Crippen LogP contribution in [0.1, 0.15) is 25.7 Å². The number of anilines is 2. The van der Waals surface area contributed by atoms with Crippen molar-refractivity contribution in [1.29, 1.82) is 0 Å². The van der Waals surface area contributed by atoms with Crippen LogP contribution < -0.4 is 30.2 Å². The van der Waals surface area contributed by atoms with E-state index in [4.69, 9.17) is 19.3 Å². The first-order valence-corrected chi connectivity index (χ1v) is 14.1. The van der Waals surface area contributed by atoms with Crippen LogP contribution >= 0.6 is 0 Å². The largest absolute Gasteiger partial charge is 0.493 e. The minimum Gasteiger partial charge on any atom is -0.493 e. The van der Waals surface area contributed by atoms with E-state index in [9.17, 15) is 18.8 Å². The number of pyridine rings is 1. The summed E-state index contributed by atoms with van der Waals surface area (Å²) in [6.07, 6.45) is 2.33. The molecular formula is C32H28F2N4O7. The molecule has 0 spiro atoms. The fourth-order valence-corrected chi connectivity index (χ4v) is 4.89. The van der Waals surface area contributed by atoms with Gasteiger partial charge in [0.25, 0.3) is 0 Å². The van der Waals surface area contributed by atoms with E-state index in [2.05, 4.69) is 20.9 Å². The number of hydrogen-bond donors (Lipinski definition) is 4. The van der Waals surface area contributed by atoms with Crippen molar-refractivity contribution in [3.63, 3.8) is 0 Å². The number of aromatic nitrogens is 1. The fraction of sp³-hybridized carbons (Fsp3) is 0.250. The number of nitrogens with one attached hydrogen (secondary N) is 3. The number of halogens is 2. The van der Waals surface area contributed by atoms with E-state index in [-0.39, 0.29) is 23.8 Å². The molecule has 2 saturated carbocycles. The Bertz CT molecular complexity index is 1810. The number of benzene rings is 3. The highest BCUT2D eigenvalue weighted by Gasteiger charge is 2.56. The summed E-state index contributed by atoms with van der Waals surface area (Å²) in [5.41, 5.74) is -0.971. The summed E-state index contributed by atoms with van der Waals surface area (Å²) in [5.74, 6) is -1.44. The van der Waals surface area contributed by atoms with E-state index in [0.29, 0.717) is 53.8 Å². The first-order valence-electron chi connectivity index (χ1n) is 14.1. The van der Waals surface area contributed by atoms with Crippen LogP contribution in [0.25, 0.3) is 10.9 Å². The third-order valence-electron chi connectivity index (χ3n) is 7.85. The summed E-state index contributed by atoms with van der Waals surface area (Å²) >= 11 is 0. The predicted molar refractivity (Wildman–Crippen MR) is 159 cm³/mol. The quantitative estimate of drug-likeness (QED) is 0.153. The molecule has 0 aliphatic heterocycles. The number of ether oxygens (including phenoxy) is 3. The van der Waals surface area contributed by atoms with Crippen LogP contribution in [0.2, 0.25) is 0 Å². The molecule has 4 aromatic rings. The first-order chi connectivity index (χ1) is 21.6. The van der Waals surface area contributed by atoms with Crippen LogP contribution in [0.3, 0.4) is 0 Å². The molecule has 2 aliphatic carbocycles. The first kappa shape index (κ1) is 29.6. The zero-order valence-corrected chi connectivity index (χ0v) is 24.0. The van der Waals surface area contributed by atoms with Gasteiger partial charge in [0, 0.05) is 35.1 Å². The molecule has 232 valence electrons. The molecule has 11 nitrogen and oxygen atoms in total. The SMILES string of the molecule is COc1cc2c(Oc3ccc(NC(=O)C4(C(=O)Nc5ccc(F)cc5)CC4)cc3F)ccnc2cc1OCC1(NC(=O)O)CC1. The molecule has 2 fully saturated rings. The van der Waals surface area contributed by atoms with E-state index in [1.165, 1.54) is 49.7 Å². The molecule has 0 unspecified atom stereocenters. The fourth-order valence-electron chi connectivity index (χ4n) is 4.89. The van der Waals surface area contributed by atoms with Crippen molar-refractivity contribution in [3.8, 4) is 23.0 Å². The number of carboxylic acid groups (broad SMARTS) is 1. The number of hydrogen-bond acceptors (Lipinski definition) is 7. The Hall–Kier alpha value is -5.46. The average Bonchev–Trinajstić information content (AvgIpc) is 3.95. The number of methoxy groups -OCH3 is 1. The van der Waals surface area contributed by atoms with Gasteiger partial charge in [0.05, 0.1) is 18.2 Å². The second-order valence-corrected chi connectivity index (χ2v) is 11.1. The molecule has 3 amide bonds. The van der Waals surface area contributed by atoms with Gasteiger partial charge in [0.2, 0.25) is 11.8 Å². The van der Waals surface area contributed by atoms with Crippen molar-refractivity contribution in [1.82, 2.24) is 10.3 Å². The van der Waals surface area contributed by atoms with Crippen LogP contribution in [-0.4, -0.2) is 47.3 Å². The third-order valence-corrected chi connectivity index (χ3v) is 7.85. The van der Waals surface area contributed by atoms with E-state index < -0.39 is 40.5 Å². The summed E-state index contributed by atoms with van der Waals surface area (Å²) < 4.78 is 45.7. The topological polar surface area (TPSA) is 148 Å².